The van der Waals surface area contributed by atoms with E-state index < -0.39 is 0 Å². The lowest BCUT2D eigenvalue weighted by atomic mass is 9.97. The Morgan fingerprint density at radius 3 is 1.53 bits per heavy atom. The van der Waals surface area contributed by atoms with Crippen LogP contribution in [0.3, 0.4) is 0 Å². The Labute approximate surface area is 424 Å². The van der Waals surface area contributed by atoms with Crippen LogP contribution in [0.1, 0.15) is 17.7 Å². The van der Waals surface area contributed by atoms with Gasteiger partial charge in [-0.3, -0.25) is 0 Å². The van der Waals surface area contributed by atoms with Crippen molar-refractivity contribution in [2.45, 2.75) is 12.8 Å². The third kappa shape index (κ3) is 7.53. The Morgan fingerprint density at radius 2 is 0.836 bits per heavy atom. The second kappa shape index (κ2) is 17.8. The molecule has 0 aliphatic heterocycles. The van der Waals surface area contributed by atoms with Crippen molar-refractivity contribution in [1.29, 1.82) is 0 Å². The van der Waals surface area contributed by atoms with Crippen molar-refractivity contribution in [3.63, 3.8) is 0 Å². The number of para-hydroxylation sites is 4. The molecule has 0 N–H and O–H groups in total. The van der Waals surface area contributed by atoms with Crippen LogP contribution in [0.4, 0.5) is 17.1 Å². The highest BCUT2D eigenvalue weighted by atomic mass is 16.3. The summed E-state index contributed by atoms with van der Waals surface area (Å²) in [6.45, 7) is 0. The van der Waals surface area contributed by atoms with E-state index in [1.165, 1.54) is 88.2 Å². The van der Waals surface area contributed by atoms with Crippen LogP contribution in [0.25, 0.3) is 111 Å². The SMILES string of the molecule is C1=Cc2oc3c(-c4ccc(N(c5ccc(-c6ccc(-c7ccccc7-n7c8ccccc8c8ccccc87)cc6)cc5)c5ccc(-c6cccc(-c7ccc8ccccc8c7)c6)cc5)cc4)cccc3c2CC1. The Balaban J connectivity index is 0.799. The lowest BCUT2D eigenvalue weighted by Crippen LogP contribution is -2.09. The lowest BCUT2D eigenvalue weighted by molar-refractivity contribution is 0.596. The fourth-order valence-electron chi connectivity index (χ4n) is 11.3. The Kier molecular flexibility index (Phi) is 10.3. The summed E-state index contributed by atoms with van der Waals surface area (Å²) >= 11 is 0. The number of nitrogens with zero attached hydrogens (tertiary/aromatic N) is 2. The van der Waals surface area contributed by atoms with Crippen LogP contribution in [-0.2, 0) is 6.42 Å². The first-order valence-electron chi connectivity index (χ1n) is 25.3. The minimum absolute atomic E-state index is 0.958. The van der Waals surface area contributed by atoms with Crippen molar-refractivity contribution in [1.82, 2.24) is 4.57 Å². The number of benzene rings is 11. The number of aryl methyl sites for hydroxylation is 1. The number of furan rings is 1. The standard InChI is InChI=1S/C70H48N2O/c1-2-14-53-46-56(32-29-47(53)13-1)55-16-11-15-54(45-55)50-35-41-58(42-36-50)71(59-43-37-52(38-44-59)61-21-12-22-65-64-20-6-10-26-69(64)73-70(61)65)57-39-33-49(34-40-57)48-27-30-51(31-28-48)60-17-3-7-23-66(60)72-67-24-8-4-18-62(67)63-19-5-9-25-68(63)72/h1-5,7-19,21-46H,6,20H2. The maximum absolute atomic E-state index is 6.52. The van der Waals surface area contributed by atoms with Gasteiger partial charge in [-0.25, -0.2) is 0 Å². The predicted octanol–water partition coefficient (Wildman–Crippen LogP) is 19.4. The zero-order chi connectivity index (χ0) is 48.2. The zero-order valence-corrected chi connectivity index (χ0v) is 40.1. The van der Waals surface area contributed by atoms with E-state index in [0.29, 0.717) is 0 Å². The molecule has 1 aliphatic carbocycles. The zero-order valence-electron chi connectivity index (χ0n) is 40.1. The molecule has 2 aromatic heterocycles. The van der Waals surface area contributed by atoms with Crippen molar-refractivity contribution in [3.05, 3.63) is 272 Å². The number of hydrogen-bond donors (Lipinski definition) is 0. The summed E-state index contributed by atoms with van der Waals surface area (Å²) in [4.78, 5) is 2.36. The van der Waals surface area contributed by atoms with Crippen LogP contribution in [0.5, 0.6) is 0 Å². The number of fused-ring (bicyclic) bond motifs is 7. The highest BCUT2D eigenvalue weighted by molar-refractivity contribution is 6.10. The molecule has 0 radical (unpaired) electrons. The molecule has 13 aromatic rings. The van der Waals surface area contributed by atoms with Gasteiger partial charge < -0.3 is 13.9 Å². The van der Waals surface area contributed by atoms with Gasteiger partial charge in [0.2, 0.25) is 0 Å². The molecule has 0 fully saturated rings. The van der Waals surface area contributed by atoms with Crippen molar-refractivity contribution in [2.75, 3.05) is 4.90 Å². The molecule has 3 nitrogen and oxygen atoms in total. The van der Waals surface area contributed by atoms with Crippen molar-refractivity contribution >= 4 is 66.7 Å². The summed E-state index contributed by atoms with van der Waals surface area (Å²) < 4.78 is 8.93. The third-order valence-corrected chi connectivity index (χ3v) is 14.9. The summed E-state index contributed by atoms with van der Waals surface area (Å²) in [5.74, 6) is 0.987. The average molecular weight is 933 g/mol. The van der Waals surface area contributed by atoms with Gasteiger partial charge in [0.25, 0.3) is 0 Å². The molecule has 0 saturated carbocycles. The molecule has 0 atom stereocenters. The van der Waals surface area contributed by atoms with E-state index in [9.17, 15) is 0 Å². The van der Waals surface area contributed by atoms with Gasteiger partial charge in [-0.05, 0) is 141 Å². The van der Waals surface area contributed by atoms with Gasteiger partial charge in [0.05, 0.1) is 16.7 Å². The molecule has 344 valence electrons. The Hall–Kier alpha value is -9.44. The molecule has 11 aromatic carbocycles. The van der Waals surface area contributed by atoms with E-state index >= 15 is 0 Å². The summed E-state index contributed by atoms with van der Waals surface area (Å²) in [7, 11) is 0. The Bertz CT molecular complexity index is 4180. The largest absolute Gasteiger partial charge is 0.456 e. The summed E-state index contributed by atoms with van der Waals surface area (Å²) in [6.07, 6.45) is 6.39. The molecule has 14 rings (SSSR count). The second-order valence-electron chi connectivity index (χ2n) is 19.2. The minimum atomic E-state index is 0.958. The fourth-order valence-corrected chi connectivity index (χ4v) is 11.3. The first kappa shape index (κ1) is 42.4. The molecule has 0 spiro atoms. The van der Waals surface area contributed by atoms with E-state index in [-0.39, 0.29) is 0 Å². The molecular weight excluding hydrogens is 885 g/mol. The number of allylic oxidation sites excluding steroid dienone is 1. The van der Waals surface area contributed by atoms with Crippen LogP contribution >= 0.6 is 0 Å². The maximum atomic E-state index is 6.52. The van der Waals surface area contributed by atoms with E-state index in [1.54, 1.807) is 0 Å². The van der Waals surface area contributed by atoms with Crippen LogP contribution in [0.2, 0.25) is 0 Å². The van der Waals surface area contributed by atoms with E-state index in [2.05, 4.69) is 276 Å². The van der Waals surface area contributed by atoms with Gasteiger partial charge in [0, 0.05) is 49.9 Å². The lowest BCUT2D eigenvalue weighted by Gasteiger charge is -2.26. The molecular formula is C70H48N2O. The number of rotatable bonds is 9. The number of aromatic nitrogens is 1. The number of hydrogen-bond acceptors (Lipinski definition) is 2. The topological polar surface area (TPSA) is 21.3 Å². The molecule has 2 heterocycles. The predicted molar refractivity (Wildman–Crippen MR) is 307 cm³/mol. The van der Waals surface area contributed by atoms with E-state index in [0.717, 1.165) is 57.9 Å². The maximum Gasteiger partial charge on any atom is 0.142 e. The molecule has 0 amide bonds. The molecule has 0 unspecified atom stereocenters. The molecule has 3 heteroatoms. The third-order valence-electron chi connectivity index (χ3n) is 14.9. The summed E-state index contributed by atoms with van der Waals surface area (Å²) in [6, 6.07) is 92.8. The quantitative estimate of drug-likeness (QED) is 0.144. The Morgan fingerprint density at radius 1 is 0.356 bits per heavy atom. The highest BCUT2D eigenvalue weighted by Gasteiger charge is 2.20. The van der Waals surface area contributed by atoms with Crippen LogP contribution in [-0.4, -0.2) is 4.57 Å². The van der Waals surface area contributed by atoms with Crippen LogP contribution < -0.4 is 4.90 Å². The van der Waals surface area contributed by atoms with Gasteiger partial charge in [0.1, 0.15) is 11.3 Å². The van der Waals surface area contributed by atoms with Gasteiger partial charge in [-0.1, -0.05) is 194 Å². The van der Waals surface area contributed by atoms with Crippen LogP contribution in [0, 0.1) is 0 Å². The highest BCUT2D eigenvalue weighted by Crippen LogP contribution is 2.42. The average Bonchev–Trinajstić information content (AvgIpc) is 4.02. The molecule has 73 heavy (non-hydrogen) atoms. The van der Waals surface area contributed by atoms with Gasteiger partial charge in [-0.15, -0.1) is 0 Å². The minimum Gasteiger partial charge on any atom is -0.456 e. The summed E-state index contributed by atoms with van der Waals surface area (Å²) in [5.41, 5.74) is 20.8. The first-order valence-corrected chi connectivity index (χ1v) is 25.3. The first-order chi connectivity index (χ1) is 36.2. The van der Waals surface area contributed by atoms with Gasteiger partial charge in [-0.2, -0.15) is 0 Å². The fraction of sp³-hybridized carbons (Fsp3) is 0.0286. The normalized spacial score (nSPS) is 12.2. The van der Waals surface area contributed by atoms with Crippen molar-refractivity contribution in [3.8, 4) is 61.3 Å². The van der Waals surface area contributed by atoms with Crippen molar-refractivity contribution in [2.24, 2.45) is 0 Å². The molecule has 0 bridgehead atoms. The van der Waals surface area contributed by atoms with Crippen LogP contribution in [0.15, 0.2) is 265 Å². The van der Waals surface area contributed by atoms with Gasteiger partial charge in [0.15, 0.2) is 0 Å². The smallest absolute Gasteiger partial charge is 0.142 e. The van der Waals surface area contributed by atoms with E-state index in [4.69, 9.17) is 4.42 Å². The molecule has 0 saturated heterocycles. The van der Waals surface area contributed by atoms with Crippen molar-refractivity contribution < 1.29 is 4.42 Å². The summed E-state index contributed by atoms with van der Waals surface area (Å²) in [5, 5.41) is 6.23. The molecule has 1 aliphatic rings. The second-order valence-corrected chi connectivity index (χ2v) is 19.2. The van der Waals surface area contributed by atoms with Gasteiger partial charge >= 0.3 is 0 Å². The van der Waals surface area contributed by atoms with E-state index in [1.807, 2.05) is 0 Å². The monoisotopic (exact) mass is 932 g/mol. The number of anilines is 3.